The van der Waals surface area contributed by atoms with Crippen LogP contribution in [0.25, 0.3) is 11.1 Å². The first-order valence-corrected chi connectivity index (χ1v) is 7.82. The summed E-state index contributed by atoms with van der Waals surface area (Å²) in [7, 11) is 0. The molecule has 126 valence electrons. The lowest BCUT2D eigenvalue weighted by Gasteiger charge is -2.13. The van der Waals surface area contributed by atoms with Gasteiger partial charge in [0.2, 0.25) is 0 Å². The molecular formula is C18H18F2N2O2. The van der Waals surface area contributed by atoms with Gasteiger partial charge >= 0.3 is 6.09 Å². The summed E-state index contributed by atoms with van der Waals surface area (Å²) in [5.74, 6) is -1.02. The van der Waals surface area contributed by atoms with Gasteiger partial charge in [0.05, 0.1) is 12.3 Å². The fourth-order valence-corrected chi connectivity index (χ4v) is 2.75. The molecule has 1 heterocycles. The number of para-hydroxylation sites is 1. The van der Waals surface area contributed by atoms with Gasteiger partial charge in [0.15, 0.2) is 0 Å². The number of anilines is 1. The van der Waals surface area contributed by atoms with Crippen LogP contribution in [0.5, 0.6) is 0 Å². The molecule has 1 atom stereocenters. The van der Waals surface area contributed by atoms with Crippen molar-refractivity contribution in [3.8, 4) is 11.1 Å². The molecule has 0 spiro atoms. The predicted molar refractivity (Wildman–Crippen MR) is 87.7 cm³/mol. The summed E-state index contributed by atoms with van der Waals surface area (Å²) < 4.78 is 32.1. The molecule has 2 aromatic rings. The number of rotatable bonds is 4. The molecule has 4 nitrogen and oxygen atoms in total. The molecule has 24 heavy (non-hydrogen) atoms. The monoisotopic (exact) mass is 332 g/mol. The van der Waals surface area contributed by atoms with Crippen LogP contribution in [-0.2, 0) is 4.74 Å². The van der Waals surface area contributed by atoms with Gasteiger partial charge in [-0.25, -0.2) is 13.6 Å². The summed E-state index contributed by atoms with van der Waals surface area (Å²) in [4.78, 5) is 12.0. The van der Waals surface area contributed by atoms with Crippen LogP contribution in [0.3, 0.4) is 0 Å². The molecule has 0 radical (unpaired) electrons. The highest BCUT2D eigenvalue weighted by Crippen LogP contribution is 2.29. The topological polar surface area (TPSA) is 50.4 Å². The second kappa shape index (κ2) is 7.40. The maximum absolute atomic E-state index is 13.4. The second-order valence-corrected chi connectivity index (χ2v) is 5.79. The minimum Gasteiger partial charge on any atom is -0.449 e. The molecule has 1 aliphatic rings. The quantitative estimate of drug-likeness (QED) is 0.896. The summed E-state index contributed by atoms with van der Waals surface area (Å²) in [5.41, 5.74) is 1.32. The summed E-state index contributed by atoms with van der Waals surface area (Å²) in [6.45, 7) is 2.12. The van der Waals surface area contributed by atoms with Crippen LogP contribution >= 0.6 is 0 Å². The smallest absolute Gasteiger partial charge is 0.411 e. The number of ether oxygens (including phenoxy) is 1. The number of benzene rings is 2. The van der Waals surface area contributed by atoms with Crippen LogP contribution in [0.15, 0.2) is 42.5 Å². The molecule has 0 aromatic heterocycles. The van der Waals surface area contributed by atoms with E-state index in [0.29, 0.717) is 29.3 Å². The highest BCUT2D eigenvalue weighted by Gasteiger charge is 2.17. The second-order valence-electron chi connectivity index (χ2n) is 5.79. The Morgan fingerprint density at radius 2 is 1.96 bits per heavy atom. The van der Waals surface area contributed by atoms with E-state index in [0.717, 1.165) is 25.6 Å². The molecular weight excluding hydrogens is 314 g/mol. The van der Waals surface area contributed by atoms with Crippen LogP contribution in [0, 0.1) is 17.6 Å². The zero-order valence-corrected chi connectivity index (χ0v) is 13.0. The first-order chi connectivity index (χ1) is 11.6. The van der Waals surface area contributed by atoms with E-state index in [1.165, 1.54) is 12.1 Å². The summed E-state index contributed by atoms with van der Waals surface area (Å²) in [5, 5.41) is 5.85. The maximum atomic E-state index is 13.4. The normalized spacial score (nSPS) is 16.8. The Bertz CT molecular complexity index is 710. The van der Waals surface area contributed by atoms with Gasteiger partial charge in [-0.05, 0) is 36.7 Å². The minimum absolute atomic E-state index is 0.323. The number of hydrogen-bond acceptors (Lipinski definition) is 3. The zero-order valence-electron chi connectivity index (χ0n) is 13.0. The Morgan fingerprint density at radius 1 is 1.21 bits per heavy atom. The molecule has 1 saturated heterocycles. The molecule has 1 amide bonds. The number of carbonyl (C=O) groups excluding carboxylic acids is 1. The average Bonchev–Trinajstić information content (AvgIpc) is 3.06. The molecule has 0 bridgehead atoms. The molecule has 6 heteroatoms. The lowest BCUT2D eigenvalue weighted by molar-refractivity contribution is 0.144. The van der Waals surface area contributed by atoms with Gasteiger partial charge in [-0.15, -0.1) is 0 Å². The van der Waals surface area contributed by atoms with E-state index in [1.54, 1.807) is 24.3 Å². The molecule has 0 saturated carbocycles. The third-order valence-electron chi connectivity index (χ3n) is 3.95. The van der Waals surface area contributed by atoms with Gasteiger partial charge in [0.25, 0.3) is 0 Å². The minimum atomic E-state index is -0.670. The maximum Gasteiger partial charge on any atom is 0.411 e. The predicted octanol–water partition coefficient (Wildman–Crippen LogP) is 3.79. The van der Waals surface area contributed by atoms with E-state index >= 15 is 0 Å². The fourth-order valence-electron chi connectivity index (χ4n) is 2.75. The first kappa shape index (κ1) is 16.4. The van der Waals surface area contributed by atoms with E-state index in [1.807, 2.05) is 0 Å². The molecule has 2 N–H and O–H groups in total. The SMILES string of the molecule is O=C(Nc1ccccc1-c1cc(F)cc(F)c1)OC[C@@H]1CCNC1. The zero-order chi connectivity index (χ0) is 16.9. The fraction of sp³-hybridized carbons (Fsp3) is 0.278. The lowest BCUT2D eigenvalue weighted by Crippen LogP contribution is -2.20. The summed E-state index contributed by atoms with van der Waals surface area (Å²) in [6.07, 6.45) is 0.401. The van der Waals surface area contributed by atoms with Gasteiger partial charge in [0.1, 0.15) is 11.6 Å². The van der Waals surface area contributed by atoms with Crippen molar-refractivity contribution in [2.45, 2.75) is 6.42 Å². The van der Waals surface area contributed by atoms with Gasteiger partial charge in [0, 0.05) is 24.1 Å². The van der Waals surface area contributed by atoms with Crippen LogP contribution < -0.4 is 10.6 Å². The van der Waals surface area contributed by atoms with E-state index in [2.05, 4.69) is 10.6 Å². The van der Waals surface area contributed by atoms with Crippen molar-refractivity contribution in [1.29, 1.82) is 0 Å². The van der Waals surface area contributed by atoms with Gasteiger partial charge in [-0.3, -0.25) is 5.32 Å². The molecule has 1 fully saturated rings. The molecule has 1 aliphatic heterocycles. The first-order valence-electron chi connectivity index (χ1n) is 7.82. The van der Waals surface area contributed by atoms with E-state index in [9.17, 15) is 13.6 Å². The highest BCUT2D eigenvalue weighted by atomic mass is 19.1. The van der Waals surface area contributed by atoms with Crippen molar-refractivity contribution in [1.82, 2.24) is 5.32 Å². The third-order valence-corrected chi connectivity index (χ3v) is 3.95. The molecule has 0 unspecified atom stereocenters. The van der Waals surface area contributed by atoms with Crippen LogP contribution in [0.4, 0.5) is 19.3 Å². The Kier molecular flexibility index (Phi) is 5.05. The summed E-state index contributed by atoms with van der Waals surface area (Å²) >= 11 is 0. The van der Waals surface area contributed by atoms with E-state index < -0.39 is 17.7 Å². The number of amides is 1. The summed E-state index contributed by atoms with van der Waals surface area (Å²) in [6, 6.07) is 10.1. The van der Waals surface area contributed by atoms with Crippen molar-refractivity contribution in [2.24, 2.45) is 5.92 Å². The Labute approximate surface area is 138 Å². The lowest BCUT2D eigenvalue weighted by atomic mass is 10.0. The molecule has 3 rings (SSSR count). The van der Waals surface area contributed by atoms with Crippen molar-refractivity contribution in [2.75, 3.05) is 25.0 Å². The molecule has 0 aliphatic carbocycles. The van der Waals surface area contributed by atoms with Gasteiger partial charge in [-0.1, -0.05) is 18.2 Å². The average molecular weight is 332 g/mol. The van der Waals surface area contributed by atoms with Gasteiger partial charge < -0.3 is 10.1 Å². The highest BCUT2D eigenvalue weighted by molar-refractivity contribution is 5.91. The van der Waals surface area contributed by atoms with Crippen LogP contribution in [-0.4, -0.2) is 25.8 Å². The van der Waals surface area contributed by atoms with Crippen molar-refractivity contribution in [3.63, 3.8) is 0 Å². The molecule has 2 aromatic carbocycles. The van der Waals surface area contributed by atoms with Gasteiger partial charge in [-0.2, -0.15) is 0 Å². The standard InChI is InChI=1S/C18H18F2N2O2/c19-14-7-13(8-15(20)9-14)16-3-1-2-4-17(16)22-18(23)24-11-12-5-6-21-10-12/h1-4,7-9,12,21H,5-6,10-11H2,(H,22,23)/t12-/m1/s1. The largest absolute Gasteiger partial charge is 0.449 e. The van der Waals surface area contributed by atoms with Crippen molar-refractivity contribution >= 4 is 11.8 Å². The van der Waals surface area contributed by atoms with E-state index in [4.69, 9.17) is 4.74 Å². The number of carbonyl (C=O) groups is 1. The number of halogens is 2. The Morgan fingerprint density at radius 3 is 2.67 bits per heavy atom. The van der Waals surface area contributed by atoms with Crippen LogP contribution in [0.1, 0.15) is 6.42 Å². The number of nitrogens with one attached hydrogen (secondary N) is 2. The van der Waals surface area contributed by atoms with E-state index in [-0.39, 0.29) is 0 Å². The number of hydrogen-bond donors (Lipinski definition) is 2. The third kappa shape index (κ3) is 4.08. The van der Waals surface area contributed by atoms with Crippen LogP contribution in [0.2, 0.25) is 0 Å². The van der Waals surface area contributed by atoms with Crippen molar-refractivity contribution < 1.29 is 18.3 Å². The Balaban J connectivity index is 1.72. The Hall–Kier alpha value is -2.47. The van der Waals surface area contributed by atoms with Crippen molar-refractivity contribution in [3.05, 3.63) is 54.1 Å².